The zero-order chi connectivity index (χ0) is 13.9. The molecule has 0 unspecified atom stereocenters. The van der Waals surface area contributed by atoms with Crippen molar-refractivity contribution < 1.29 is 9.90 Å². The minimum absolute atomic E-state index is 0.157. The number of urea groups is 1. The van der Waals surface area contributed by atoms with Gasteiger partial charge in [0.15, 0.2) is 0 Å². The summed E-state index contributed by atoms with van der Waals surface area (Å²) in [5.74, 6) is 0.909. The first-order chi connectivity index (χ1) is 9.69. The Bertz CT molecular complexity index is 607. The van der Waals surface area contributed by atoms with Crippen LogP contribution in [0.3, 0.4) is 0 Å². The van der Waals surface area contributed by atoms with Crippen LogP contribution in [0.4, 0.5) is 15.6 Å². The maximum Gasteiger partial charge on any atom is 0.325 e. The van der Waals surface area contributed by atoms with Gasteiger partial charge in [-0.05, 0) is 43.0 Å². The predicted octanol–water partition coefficient (Wildman–Crippen LogP) is 2.84. The normalized spacial score (nSPS) is 14.0. The van der Waals surface area contributed by atoms with Gasteiger partial charge in [-0.2, -0.15) is 0 Å². The maximum absolute atomic E-state index is 11.8. The van der Waals surface area contributed by atoms with Crippen LogP contribution in [0.2, 0.25) is 0 Å². The monoisotopic (exact) mass is 290 g/mol. The number of phenolic OH excluding ortho intramolecular Hbond substituents is 1. The molecule has 1 aliphatic rings. The van der Waals surface area contributed by atoms with Crippen molar-refractivity contribution in [3.8, 4) is 5.75 Å². The molecule has 7 heteroatoms. The van der Waals surface area contributed by atoms with E-state index in [0.717, 1.165) is 17.3 Å². The quantitative estimate of drug-likeness (QED) is 0.756. The third kappa shape index (κ3) is 3.45. The number of anilines is 2. The lowest BCUT2D eigenvalue weighted by Gasteiger charge is -2.04. The van der Waals surface area contributed by atoms with Gasteiger partial charge in [-0.25, -0.2) is 4.79 Å². The molecule has 2 amide bonds. The molecule has 3 rings (SSSR count). The van der Waals surface area contributed by atoms with E-state index in [1.165, 1.54) is 36.3 Å². The number of nitrogens with one attached hydrogen (secondary N) is 2. The molecule has 1 aliphatic carbocycles. The van der Waals surface area contributed by atoms with Crippen molar-refractivity contribution in [2.45, 2.75) is 19.3 Å². The molecule has 0 radical (unpaired) electrons. The van der Waals surface area contributed by atoms with Crippen LogP contribution in [0, 0.1) is 5.92 Å². The van der Waals surface area contributed by atoms with Crippen molar-refractivity contribution in [2.75, 3.05) is 10.6 Å². The van der Waals surface area contributed by atoms with Crippen LogP contribution >= 0.6 is 11.3 Å². The highest BCUT2D eigenvalue weighted by molar-refractivity contribution is 7.15. The Morgan fingerprint density at radius 1 is 1.25 bits per heavy atom. The van der Waals surface area contributed by atoms with Crippen LogP contribution in [-0.2, 0) is 6.42 Å². The number of hydrogen-bond donors (Lipinski definition) is 3. The van der Waals surface area contributed by atoms with Gasteiger partial charge in [0.05, 0.1) is 0 Å². The molecule has 0 bridgehead atoms. The van der Waals surface area contributed by atoms with E-state index in [9.17, 15) is 4.79 Å². The molecule has 1 aromatic carbocycles. The number of aromatic nitrogens is 2. The van der Waals surface area contributed by atoms with Gasteiger partial charge in [-0.3, -0.25) is 5.32 Å². The van der Waals surface area contributed by atoms with Gasteiger partial charge in [0.1, 0.15) is 10.8 Å². The van der Waals surface area contributed by atoms with E-state index in [4.69, 9.17) is 5.11 Å². The molecule has 1 fully saturated rings. The third-order valence-corrected chi connectivity index (χ3v) is 3.83. The van der Waals surface area contributed by atoms with Crippen molar-refractivity contribution >= 4 is 28.2 Å². The Kier molecular flexibility index (Phi) is 3.51. The smallest absolute Gasteiger partial charge is 0.325 e. The van der Waals surface area contributed by atoms with E-state index in [1.54, 1.807) is 12.1 Å². The van der Waals surface area contributed by atoms with Crippen LogP contribution in [-0.4, -0.2) is 21.3 Å². The van der Waals surface area contributed by atoms with Gasteiger partial charge in [-0.1, -0.05) is 11.3 Å². The largest absolute Gasteiger partial charge is 0.508 e. The highest BCUT2D eigenvalue weighted by atomic mass is 32.1. The second-order valence-electron chi connectivity index (χ2n) is 4.77. The Morgan fingerprint density at radius 2 is 2.00 bits per heavy atom. The number of amides is 2. The van der Waals surface area contributed by atoms with E-state index in [0.29, 0.717) is 10.8 Å². The van der Waals surface area contributed by atoms with Crippen LogP contribution in [0.1, 0.15) is 17.8 Å². The van der Waals surface area contributed by atoms with Gasteiger partial charge < -0.3 is 10.4 Å². The summed E-state index contributed by atoms with van der Waals surface area (Å²) in [7, 11) is 0. The van der Waals surface area contributed by atoms with Crippen LogP contribution in [0.15, 0.2) is 24.3 Å². The fraction of sp³-hybridized carbons (Fsp3) is 0.308. The number of benzene rings is 1. The van der Waals surface area contributed by atoms with Gasteiger partial charge in [0.2, 0.25) is 5.13 Å². The Balaban J connectivity index is 1.55. The Morgan fingerprint density at radius 3 is 2.70 bits per heavy atom. The lowest BCUT2D eigenvalue weighted by molar-refractivity contribution is 0.262. The number of carbonyl (C=O) groups excluding carboxylic acids is 1. The van der Waals surface area contributed by atoms with Crippen LogP contribution < -0.4 is 10.6 Å². The van der Waals surface area contributed by atoms with Gasteiger partial charge in [-0.15, -0.1) is 10.2 Å². The SMILES string of the molecule is O=C(Nc1ccc(O)cc1)Nc1nnc(CC2CC2)s1. The van der Waals surface area contributed by atoms with Crippen molar-refractivity contribution in [1.29, 1.82) is 0 Å². The molecule has 1 heterocycles. The van der Waals surface area contributed by atoms with Gasteiger partial charge in [0, 0.05) is 12.1 Å². The summed E-state index contributed by atoms with van der Waals surface area (Å²) in [4.78, 5) is 11.8. The molecular weight excluding hydrogens is 276 g/mol. The zero-order valence-corrected chi connectivity index (χ0v) is 11.5. The Hall–Kier alpha value is -2.15. The summed E-state index contributed by atoms with van der Waals surface area (Å²) in [6, 6.07) is 5.88. The summed E-state index contributed by atoms with van der Waals surface area (Å²) in [5, 5.41) is 23.9. The number of nitrogens with zero attached hydrogens (tertiary/aromatic N) is 2. The molecule has 20 heavy (non-hydrogen) atoms. The van der Waals surface area contributed by atoms with E-state index in [-0.39, 0.29) is 11.8 Å². The molecular formula is C13H14N4O2S. The molecule has 2 aromatic rings. The van der Waals surface area contributed by atoms with Crippen LogP contribution in [0.5, 0.6) is 5.75 Å². The summed E-state index contributed by atoms with van der Waals surface area (Å²) >= 11 is 1.41. The molecule has 6 nitrogen and oxygen atoms in total. The number of carbonyl (C=O) groups is 1. The third-order valence-electron chi connectivity index (χ3n) is 2.97. The standard InChI is InChI=1S/C13H14N4O2S/c18-10-5-3-9(4-6-10)14-12(19)15-13-17-16-11(20-13)7-8-1-2-8/h3-6,8,18H,1-2,7H2,(H2,14,15,17,19). The number of aromatic hydroxyl groups is 1. The first kappa shape index (κ1) is 12.9. The number of rotatable bonds is 4. The van der Waals surface area contributed by atoms with Crippen molar-refractivity contribution in [2.24, 2.45) is 5.92 Å². The second-order valence-corrected chi connectivity index (χ2v) is 5.84. The van der Waals surface area contributed by atoms with Crippen LogP contribution in [0.25, 0.3) is 0 Å². The average Bonchev–Trinajstić information content (AvgIpc) is 3.12. The highest BCUT2D eigenvalue weighted by Gasteiger charge is 2.23. The summed E-state index contributed by atoms with van der Waals surface area (Å²) in [5.41, 5.74) is 0.600. The topological polar surface area (TPSA) is 87.1 Å². The molecule has 0 aliphatic heterocycles. The van der Waals surface area contributed by atoms with Crippen molar-refractivity contribution in [1.82, 2.24) is 10.2 Å². The van der Waals surface area contributed by atoms with Gasteiger partial charge in [0.25, 0.3) is 0 Å². The molecule has 104 valence electrons. The zero-order valence-electron chi connectivity index (χ0n) is 10.7. The predicted molar refractivity (Wildman–Crippen MR) is 77.1 cm³/mol. The molecule has 3 N–H and O–H groups in total. The van der Waals surface area contributed by atoms with Gasteiger partial charge >= 0.3 is 6.03 Å². The minimum Gasteiger partial charge on any atom is -0.508 e. The molecule has 1 aromatic heterocycles. The molecule has 1 saturated carbocycles. The van der Waals surface area contributed by atoms with E-state index < -0.39 is 0 Å². The summed E-state index contributed by atoms with van der Waals surface area (Å²) in [6.45, 7) is 0. The summed E-state index contributed by atoms with van der Waals surface area (Å²) < 4.78 is 0. The maximum atomic E-state index is 11.8. The number of phenols is 1. The minimum atomic E-state index is -0.371. The first-order valence-corrected chi connectivity index (χ1v) is 7.20. The fourth-order valence-electron chi connectivity index (χ4n) is 1.76. The fourth-order valence-corrected chi connectivity index (χ4v) is 2.61. The van der Waals surface area contributed by atoms with Crippen molar-refractivity contribution in [3.63, 3.8) is 0 Å². The molecule has 0 spiro atoms. The van der Waals surface area contributed by atoms with E-state index in [1.807, 2.05) is 0 Å². The van der Waals surface area contributed by atoms with Crippen molar-refractivity contribution in [3.05, 3.63) is 29.3 Å². The summed E-state index contributed by atoms with van der Waals surface area (Å²) in [6.07, 6.45) is 3.49. The lowest BCUT2D eigenvalue weighted by atomic mass is 10.3. The molecule has 0 atom stereocenters. The lowest BCUT2D eigenvalue weighted by Crippen LogP contribution is -2.19. The van der Waals surface area contributed by atoms with E-state index >= 15 is 0 Å². The number of hydrogen-bond acceptors (Lipinski definition) is 5. The second kappa shape index (κ2) is 5.46. The Labute approximate surface area is 119 Å². The highest BCUT2D eigenvalue weighted by Crippen LogP contribution is 2.33. The average molecular weight is 290 g/mol. The van der Waals surface area contributed by atoms with E-state index in [2.05, 4.69) is 20.8 Å². The molecule has 0 saturated heterocycles. The first-order valence-electron chi connectivity index (χ1n) is 6.38.